The number of allylic oxidation sites excluding steroid dienone is 2. The van der Waals surface area contributed by atoms with Gasteiger partial charge in [0.25, 0.3) is 0 Å². The Hall–Kier alpha value is -1.52. The van der Waals surface area contributed by atoms with E-state index in [1.165, 1.54) is 16.5 Å². The van der Waals surface area contributed by atoms with Gasteiger partial charge in [-0.1, -0.05) is 36.5 Å². The molecule has 4 heteroatoms. The average molecular weight is 274 g/mol. The third-order valence-electron chi connectivity index (χ3n) is 2.78. The van der Waals surface area contributed by atoms with Gasteiger partial charge in [0, 0.05) is 11.1 Å². The Bertz CT molecular complexity index is 662. The molecule has 0 fully saturated rings. The topological polar surface area (TPSA) is 37.3 Å². The van der Waals surface area contributed by atoms with E-state index in [1.807, 2.05) is 30.3 Å². The van der Waals surface area contributed by atoms with Gasteiger partial charge in [-0.05, 0) is 23.1 Å². The number of carbonyl (C=O) groups is 1. The van der Waals surface area contributed by atoms with E-state index in [9.17, 15) is 9.90 Å². The molecule has 1 aromatic carbocycles. The Balaban J connectivity index is 1.97. The van der Waals surface area contributed by atoms with E-state index < -0.39 is 0 Å². The van der Waals surface area contributed by atoms with Crippen LogP contribution in [0, 0.1) is 0 Å². The first-order valence-corrected chi connectivity index (χ1v) is 7.09. The first-order chi connectivity index (χ1) is 8.65. The lowest BCUT2D eigenvalue weighted by atomic mass is 10.2. The minimum atomic E-state index is -0.0417. The molecule has 0 radical (unpaired) electrons. The van der Waals surface area contributed by atoms with Crippen LogP contribution in [0.3, 0.4) is 0 Å². The molecule has 90 valence electrons. The fraction of sp³-hybridized carbons (Fsp3) is 0.0714. The molecule has 1 aromatic heterocycles. The molecule has 0 bridgehead atoms. The molecule has 0 saturated heterocycles. The van der Waals surface area contributed by atoms with Crippen LogP contribution in [0.25, 0.3) is 10.1 Å². The third-order valence-corrected chi connectivity index (χ3v) is 5.14. The van der Waals surface area contributed by atoms with E-state index in [1.54, 1.807) is 11.3 Å². The van der Waals surface area contributed by atoms with E-state index in [-0.39, 0.29) is 18.0 Å². The molecule has 3 rings (SSSR count). The van der Waals surface area contributed by atoms with Crippen LogP contribution in [-0.4, -0.2) is 10.9 Å². The highest BCUT2D eigenvalue weighted by Crippen LogP contribution is 2.41. The number of aliphatic hydroxyl groups excluding tert-OH is 1. The van der Waals surface area contributed by atoms with Crippen LogP contribution in [-0.2, 0) is 4.79 Å². The van der Waals surface area contributed by atoms with Crippen molar-refractivity contribution >= 4 is 39.0 Å². The molecule has 0 amide bonds. The van der Waals surface area contributed by atoms with Crippen molar-refractivity contribution in [1.29, 1.82) is 0 Å². The van der Waals surface area contributed by atoms with Gasteiger partial charge in [-0.15, -0.1) is 11.3 Å². The number of hydrogen-bond acceptors (Lipinski definition) is 4. The normalized spacial score (nSPS) is 16.0. The lowest BCUT2D eigenvalue weighted by Crippen LogP contribution is -1.91. The second kappa shape index (κ2) is 4.30. The van der Waals surface area contributed by atoms with Gasteiger partial charge in [-0.25, -0.2) is 0 Å². The van der Waals surface area contributed by atoms with Crippen LogP contribution in [0.1, 0.15) is 6.42 Å². The van der Waals surface area contributed by atoms with Gasteiger partial charge in [-0.2, -0.15) is 0 Å². The largest absolute Gasteiger partial charge is 0.506 e. The molecule has 1 heterocycles. The summed E-state index contributed by atoms with van der Waals surface area (Å²) in [5.41, 5.74) is 0.517. The van der Waals surface area contributed by atoms with Crippen LogP contribution in [0.15, 0.2) is 57.4 Å². The maximum atomic E-state index is 11.7. The van der Waals surface area contributed by atoms with E-state index in [2.05, 4.69) is 6.58 Å². The lowest BCUT2D eigenvalue weighted by Gasteiger charge is -1.97. The molecule has 0 spiro atoms. The smallest absolute Gasteiger partial charge is 0.177 e. The highest BCUT2D eigenvalue weighted by Gasteiger charge is 2.27. The Labute approximate surface area is 113 Å². The molecule has 0 aliphatic heterocycles. The summed E-state index contributed by atoms with van der Waals surface area (Å²) in [4.78, 5) is 12.1. The first kappa shape index (κ1) is 11.6. The van der Waals surface area contributed by atoms with Crippen molar-refractivity contribution in [1.82, 2.24) is 0 Å². The number of thiophene rings is 1. The zero-order valence-electron chi connectivity index (χ0n) is 9.47. The van der Waals surface area contributed by atoms with Gasteiger partial charge in [-0.3, -0.25) is 4.79 Å². The average Bonchev–Trinajstić information content (AvgIpc) is 2.86. The molecule has 0 unspecified atom stereocenters. The maximum absolute atomic E-state index is 11.7. The summed E-state index contributed by atoms with van der Waals surface area (Å²) in [6.07, 6.45) is 0.235. The zero-order valence-corrected chi connectivity index (χ0v) is 11.1. The number of fused-ring (bicyclic) bond motifs is 1. The monoisotopic (exact) mass is 274 g/mol. The van der Waals surface area contributed by atoms with E-state index in [0.717, 1.165) is 9.60 Å². The molecular formula is C14H10O2S2. The second-order valence-corrected chi connectivity index (χ2v) is 6.48. The quantitative estimate of drug-likeness (QED) is 0.887. The van der Waals surface area contributed by atoms with Gasteiger partial charge in [0.1, 0.15) is 5.76 Å². The van der Waals surface area contributed by atoms with Crippen LogP contribution >= 0.6 is 23.1 Å². The second-order valence-electron chi connectivity index (χ2n) is 4.09. The van der Waals surface area contributed by atoms with E-state index in [4.69, 9.17) is 0 Å². The summed E-state index contributed by atoms with van der Waals surface area (Å²) in [5.74, 6) is 0.0161. The van der Waals surface area contributed by atoms with Crippen molar-refractivity contribution in [3.8, 4) is 0 Å². The molecule has 18 heavy (non-hydrogen) atoms. The number of benzene rings is 1. The number of Topliss-reactive ketones (excluding diaryl/α,β-unsaturated/α-hetero) is 1. The van der Waals surface area contributed by atoms with Gasteiger partial charge in [0.2, 0.25) is 0 Å². The molecule has 0 atom stereocenters. The number of hydrogen-bond donors (Lipinski definition) is 1. The Morgan fingerprint density at radius 3 is 2.78 bits per heavy atom. The summed E-state index contributed by atoms with van der Waals surface area (Å²) in [6.45, 7) is 3.68. The number of aliphatic hydroxyl groups is 1. The van der Waals surface area contributed by atoms with Crippen molar-refractivity contribution in [3.05, 3.63) is 53.1 Å². The van der Waals surface area contributed by atoms with Crippen molar-refractivity contribution in [2.45, 2.75) is 10.6 Å². The Kier molecular flexibility index (Phi) is 2.76. The summed E-state index contributed by atoms with van der Waals surface area (Å²) in [5, 5.41) is 11.0. The van der Waals surface area contributed by atoms with Crippen LogP contribution in [0.5, 0.6) is 0 Å². The molecule has 0 saturated carbocycles. The van der Waals surface area contributed by atoms with E-state index >= 15 is 0 Å². The standard InChI is InChI=1S/C14H10O2S2/c1-8-6-10(15)14(13(8)16)18-12-7-9-4-2-3-5-11(9)17-12/h2-5,7,16H,1,6H2. The zero-order chi connectivity index (χ0) is 12.7. The summed E-state index contributed by atoms with van der Waals surface area (Å²) < 4.78 is 2.20. The fourth-order valence-corrected chi connectivity index (χ4v) is 4.16. The SMILES string of the molecule is C=C1CC(=O)C(Sc2cc3ccccc3s2)=C1O. The maximum Gasteiger partial charge on any atom is 0.177 e. The van der Waals surface area contributed by atoms with Gasteiger partial charge in [0.05, 0.1) is 9.11 Å². The predicted octanol–water partition coefficient (Wildman–Crippen LogP) is 4.29. The fourth-order valence-electron chi connectivity index (χ4n) is 1.86. The molecule has 2 aromatic rings. The molecule has 1 N–H and O–H groups in total. The molecule has 2 nitrogen and oxygen atoms in total. The summed E-state index contributed by atoms with van der Waals surface area (Å²) in [7, 11) is 0. The minimum Gasteiger partial charge on any atom is -0.506 e. The van der Waals surface area contributed by atoms with Gasteiger partial charge in [0.15, 0.2) is 5.78 Å². The van der Waals surface area contributed by atoms with Gasteiger partial charge >= 0.3 is 0 Å². The summed E-state index contributed by atoms with van der Waals surface area (Å²) >= 11 is 2.96. The van der Waals surface area contributed by atoms with Crippen molar-refractivity contribution in [2.75, 3.05) is 0 Å². The van der Waals surface area contributed by atoms with Crippen LogP contribution in [0.2, 0.25) is 0 Å². The molecule has 1 aliphatic rings. The van der Waals surface area contributed by atoms with Gasteiger partial charge < -0.3 is 5.11 Å². The van der Waals surface area contributed by atoms with Crippen LogP contribution in [0.4, 0.5) is 0 Å². The molecule has 1 aliphatic carbocycles. The van der Waals surface area contributed by atoms with Crippen LogP contribution < -0.4 is 0 Å². The third kappa shape index (κ3) is 1.87. The van der Waals surface area contributed by atoms with Crippen molar-refractivity contribution in [3.63, 3.8) is 0 Å². The molecular weight excluding hydrogens is 264 g/mol. The predicted molar refractivity (Wildman–Crippen MR) is 76.1 cm³/mol. The number of ketones is 1. The van der Waals surface area contributed by atoms with E-state index in [0.29, 0.717) is 10.5 Å². The first-order valence-electron chi connectivity index (χ1n) is 5.46. The Morgan fingerprint density at radius 1 is 1.33 bits per heavy atom. The minimum absolute atomic E-state index is 0.0417. The lowest BCUT2D eigenvalue weighted by molar-refractivity contribution is -0.113. The van der Waals surface area contributed by atoms with Crippen molar-refractivity contribution < 1.29 is 9.90 Å². The summed E-state index contributed by atoms with van der Waals surface area (Å²) in [6, 6.07) is 10.1. The number of rotatable bonds is 2. The number of thioether (sulfide) groups is 1. The van der Waals surface area contributed by atoms with Crippen molar-refractivity contribution in [2.24, 2.45) is 0 Å². The Morgan fingerprint density at radius 2 is 2.11 bits per heavy atom. The highest BCUT2D eigenvalue weighted by molar-refractivity contribution is 8.05. The number of carbonyl (C=O) groups excluding carboxylic acids is 1. The highest BCUT2D eigenvalue weighted by atomic mass is 32.2.